The number of likely N-dealkylation sites (tertiary alicyclic amines) is 1. The average Bonchev–Trinajstić information content (AvgIpc) is 3.15. The predicted octanol–water partition coefficient (Wildman–Crippen LogP) is 3.53. The summed E-state index contributed by atoms with van der Waals surface area (Å²) in [4.78, 5) is 19.0. The fourth-order valence-electron chi connectivity index (χ4n) is 2.62. The molecule has 3 heterocycles. The minimum Gasteiger partial charge on any atom is -0.361 e. The van der Waals surface area contributed by atoms with Gasteiger partial charge in [-0.3, -0.25) is 4.79 Å². The van der Waals surface area contributed by atoms with Crippen LogP contribution in [0.15, 0.2) is 20.3 Å². The highest BCUT2D eigenvalue weighted by atomic mass is 32.2. The van der Waals surface area contributed by atoms with Crippen LogP contribution in [0, 0.1) is 6.92 Å². The summed E-state index contributed by atoms with van der Waals surface area (Å²) < 4.78 is 6.09. The zero-order valence-corrected chi connectivity index (χ0v) is 13.7. The van der Waals surface area contributed by atoms with E-state index in [4.69, 9.17) is 4.52 Å². The van der Waals surface area contributed by atoms with E-state index in [0.717, 1.165) is 41.6 Å². The zero-order valence-electron chi connectivity index (χ0n) is 12.0. The van der Waals surface area contributed by atoms with Crippen molar-refractivity contribution in [3.8, 4) is 0 Å². The van der Waals surface area contributed by atoms with Gasteiger partial charge < -0.3 is 9.42 Å². The van der Waals surface area contributed by atoms with Crippen LogP contribution in [-0.2, 0) is 0 Å². The molecule has 5 nitrogen and oxygen atoms in total. The molecule has 21 heavy (non-hydrogen) atoms. The highest BCUT2D eigenvalue weighted by Gasteiger charge is 2.31. The monoisotopic (exact) mass is 323 g/mol. The Morgan fingerprint density at radius 3 is 3.05 bits per heavy atom. The first-order valence-electron chi connectivity index (χ1n) is 6.92. The SMILES string of the molecule is CSc1nc(C(=O)N2CCCC[C@@H]2c2cc(C)on2)cs1. The first-order chi connectivity index (χ1) is 10.2. The lowest BCUT2D eigenvalue weighted by atomic mass is 9.99. The van der Waals surface area contributed by atoms with Crippen molar-refractivity contribution in [3.05, 3.63) is 28.6 Å². The second kappa shape index (κ2) is 6.19. The largest absolute Gasteiger partial charge is 0.361 e. The third kappa shape index (κ3) is 2.98. The number of nitrogens with zero attached hydrogens (tertiary/aromatic N) is 3. The van der Waals surface area contributed by atoms with E-state index in [0.29, 0.717) is 5.69 Å². The molecule has 1 aliphatic rings. The topological polar surface area (TPSA) is 59.2 Å². The van der Waals surface area contributed by atoms with Gasteiger partial charge in [-0.2, -0.15) is 0 Å². The lowest BCUT2D eigenvalue weighted by Crippen LogP contribution is -2.38. The predicted molar refractivity (Wildman–Crippen MR) is 82.8 cm³/mol. The van der Waals surface area contributed by atoms with Gasteiger partial charge >= 0.3 is 0 Å². The summed E-state index contributed by atoms with van der Waals surface area (Å²) in [5.41, 5.74) is 1.39. The lowest BCUT2D eigenvalue weighted by Gasteiger charge is -2.34. The van der Waals surface area contributed by atoms with Crippen molar-refractivity contribution in [1.82, 2.24) is 15.0 Å². The Morgan fingerprint density at radius 1 is 1.52 bits per heavy atom. The molecular formula is C14H17N3O2S2. The number of thiazole rings is 1. The zero-order chi connectivity index (χ0) is 14.8. The van der Waals surface area contributed by atoms with E-state index in [1.165, 1.54) is 11.3 Å². The summed E-state index contributed by atoms with van der Waals surface area (Å²) in [7, 11) is 0. The number of aryl methyl sites for hydroxylation is 1. The van der Waals surface area contributed by atoms with Crippen LogP contribution in [0.2, 0.25) is 0 Å². The van der Waals surface area contributed by atoms with Crippen LogP contribution in [0.5, 0.6) is 0 Å². The molecule has 2 aromatic heterocycles. The minimum absolute atomic E-state index is 0.00287. The second-order valence-electron chi connectivity index (χ2n) is 5.08. The standard InChI is InChI=1S/C14H17N3O2S2/c1-9-7-10(16-19-9)12-5-3-4-6-17(12)13(18)11-8-21-14(15-11)20-2/h7-8,12H,3-6H2,1-2H3/t12-/m1/s1. The fourth-order valence-corrected chi connectivity index (χ4v) is 3.86. The molecular weight excluding hydrogens is 306 g/mol. The number of carbonyl (C=O) groups is 1. The molecule has 1 amide bonds. The van der Waals surface area contributed by atoms with Crippen molar-refractivity contribution in [3.63, 3.8) is 0 Å². The third-order valence-electron chi connectivity index (χ3n) is 3.63. The van der Waals surface area contributed by atoms with Gasteiger partial charge in [-0.05, 0) is 32.4 Å². The number of amides is 1. The molecule has 0 saturated carbocycles. The van der Waals surface area contributed by atoms with Crippen molar-refractivity contribution >= 4 is 29.0 Å². The van der Waals surface area contributed by atoms with Crippen LogP contribution in [0.4, 0.5) is 0 Å². The molecule has 2 aromatic rings. The Hall–Kier alpha value is -1.34. The molecule has 0 spiro atoms. The Labute approximate surface area is 131 Å². The molecule has 0 unspecified atom stereocenters. The van der Waals surface area contributed by atoms with Gasteiger partial charge in [-0.25, -0.2) is 4.98 Å². The molecule has 0 radical (unpaired) electrons. The molecule has 0 N–H and O–H groups in total. The van der Waals surface area contributed by atoms with Crippen LogP contribution < -0.4 is 0 Å². The van der Waals surface area contributed by atoms with Crippen LogP contribution in [0.3, 0.4) is 0 Å². The summed E-state index contributed by atoms with van der Waals surface area (Å²) in [5.74, 6) is 0.776. The van der Waals surface area contributed by atoms with Gasteiger partial charge in [0.25, 0.3) is 5.91 Å². The van der Waals surface area contributed by atoms with Crippen molar-refractivity contribution in [2.45, 2.75) is 36.6 Å². The summed E-state index contributed by atoms with van der Waals surface area (Å²) in [5, 5.41) is 5.94. The molecule has 1 saturated heterocycles. The van der Waals surface area contributed by atoms with Crippen molar-refractivity contribution < 1.29 is 9.32 Å². The third-order valence-corrected chi connectivity index (χ3v) is 5.49. The van der Waals surface area contributed by atoms with Crippen molar-refractivity contribution in [2.75, 3.05) is 12.8 Å². The van der Waals surface area contributed by atoms with E-state index in [9.17, 15) is 4.79 Å². The lowest BCUT2D eigenvalue weighted by molar-refractivity contribution is 0.0596. The number of aromatic nitrogens is 2. The van der Waals surface area contributed by atoms with Gasteiger partial charge in [-0.15, -0.1) is 11.3 Å². The molecule has 0 aromatic carbocycles. The maximum Gasteiger partial charge on any atom is 0.273 e. The Balaban J connectivity index is 1.85. The molecule has 0 aliphatic carbocycles. The molecule has 1 atom stereocenters. The van der Waals surface area contributed by atoms with Crippen molar-refractivity contribution in [2.24, 2.45) is 0 Å². The van der Waals surface area contributed by atoms with E-state index >= 15 is 0 Å². The van der Waals surface area contributed by atoms with Crippen LogP contribution in [0.25, 0.3) is 0 Å². The van der Waals surface area contributed by atoms with Crippen molar-refractivity contribution in [1.29, 1.82) is 0 Å². The smallest absolute Gasteiger partial charge is 0.273 e. The Bertz CT molecular complexity index is 638. The minimum atomic E-state index is -0.00287. The van der Waals surface area contributed by atoms with Crippen LogP contribution in [0.1, 0.15) is 47.2 Å². The van der Waals surface area contributed by atoms with E-state index in [1.54, 1.807) is 11.8 Å². The van der Waals surface area contributed by atoms with Crippen LogP contribution in [-0.4, -0.2) is 33.7 Å². The number of hydrogen-bond donors (Lipinski definition) is 0. The molecule has 1 fully saturated rings. The first kappa shape index (κ1) is 14.6. The number of hydrogen-bond acceptors (Lipinski definition) is 6. The summed E-state index contributed by atoms with van der Waals surface area (Å²) in [6.45, 7) is 2.62. The van der Waals surface area contributed by atoms with Gasteiger partial charge in [-0.1, -0.05) is 16.9 Å². The van der Waals surface area contributed by atoms with Gasteiger partial charge in [0.2, 0.25) is 0 Å². The van der Waals surface area contributed by atoms with Gasteiger partial charge in [0.15, 0.2) is 0 Å². The summed E-state index contributed by atoms with van der Waals surface area (Å²) in [6.07, 6.45) is 5.03. The number of rotatable bonds is 3. The normalized spacial score (nSPS) is 19.0. The highest BCUT2D eigenvalue weighted by Crippen LogP contribution is 2.32. The molecule has 112 valence electrons. The molecule has 1 aliphatic heterocycles. The summed E-state index contributed by atoms with van der Waals surface area (Å²) >= 11 is 3.08. The number of piperidine rings is 1. The van der Waals surface area contributed by atoms with Gasteiger partial charge in [0.1, 0.15) is 21.5 Å². The average molecular weight is 323 g/mol. The van der Waals surface area contributed by atoms with E-state index in [-0.39, 0.29) is 11.9 Å². The molecule has 3 rings (SSSR count). The molecule has 7 heteroatoms. The molecule has 0 bridgehead atoms. The van der Waals surface area contributed by atoms with Crippen LogP contribution >= 0.6 is 23.1 Å². The van der Waals surface area contributed by atoms with E-state index in [2.05, 4.69) is 10.1 Å². The number of carbonyl (C=O) groups excluding carboxylic acids is 1. The Kier molecular flexibility index (Phi) is 4.30. The van der Waals surface area contributed by atoms with E-state index < -0.39 is 0 Å². The maximum absolute atomic E-state index is 12.7. The fraction of sp³-hybridized carbons (Fsp3) is 0.500. The first-order valence-corrected chi connectivity index (χ1v) is 9.03. The quantitative estimate of drug-likeness (QED) is 0.809. The van der Waals surface area contributed by atoms with E-state index in [1.807, 2.05) is 29.5 Å². The maximum atomic E-state index is 12.7. The number of thioether (sulfide) groups is 1. The Morgan fingerprint density at radius 2 is 2.38 bits per heavy atom. The highest BCUT2D eigenvalue weighted by molar-refractivity contribution is 8.00. The van der Waals surface area contributed by atoms with Gasteiger partial charge in [0, 0.05) is 18.0 Å². The second-order valence-corrected chi connectivity index (χ2v) is 6.99. The summed E-state index contributed by atoms with van der Waals surface area (Å²) in [6, 6.07) is 1.92. The van der Waals surface area contributed by atoms with Gasteiger partial charge in [0.05, 0.1) is 6.04 Å².